The fourth-order valence-corrected chi connectivity index (χ4v) is 4.24. The lowest BCUT2D eigenvalue weighted by Gasteiger charge is -2.36. The highest BCUT2D eigenvalue weighted by Crippen LogP contribution is 2.31. The molecule has 1 fully saturated rings. The van der Waals surface area contributed by atoms with Gasteiger partial charge in [-0.25, -0.2) is 4.79 Å². The van der Waals surface area contributed by atoms with Gasteiger partial charge in [-0.1, -0.05) is 79.1 Å². The quantitative estimate of drug-likeness (QED) is 0.167. The topological polar surface area (TPSA) is 81.7 Å². The van der Waals surface area contributed by atoms with Crippen molar-refractivity contribution < 1.29 is 23.9 Å². The van der Waals surface area contributed by atoms with E-state index in [2.05, 4.69) is 12.2 Å². The van der Waals surface area contributed by atoms with Crippen LogP contribution in [-0.4, -0.2) is 36.6 Å². The first-order valence-electron chi connectivity index (χ1n) is 12.5. The van der Waals surface area contributed by atoms with Crippen LogP contribution in [0.15, 0.2) is 0 Å². The Bertz CT molecular complexity index is 522. The zero-order valence-corrected chi connectivity index (χ0v) is 20.2. The van der Waals surface area contributed by atoms with E-state index in [1.165, 1.54) is 44.9 Å². The van der Waals surface area contributed by atoms with Gasteiger partial charge in [-0.3, -0.25) is 9.59 Å². The number of esters is 2. The lowest BCUT2D eigenvalue weighted by Crippen LogP contribution is -2.47. The van der Waals surface area contributed by atoms with Gasteiger partial charge >= 0.3 is 11.9 Å². The Labute approximate surface area is 189 Å². The molecule has 0 spiro atoms. The van der Waals surface area contributed by atoms with E-state index in [9.17, 15) is 14.4 Å². The zero-order chi connectivity index (χ0) is 23.1. The second-order valence-corrected chi connectivity index (χ2v) is 9.37. The van der Waals surface area contributed by atoms with Crippen LogP contribution < -0.4 is 5.32 Å². The standard InChI is InChI=1S/C25H45NO5/c1-5-7-8-9-10-11-12-13-14-15-20(17-23-21(6-2)24(28)31-23)30-25(29)22(26-18-27)16-19(3)4/h18-23H,5-17H2,1-4H3,(H,26,27)/t20-,21+,22+,23+/m1/s1. The third kappa shape index (κ3) is 11.0. The molecule has 1 aliphatic rings. The Kier molecular flexibility index (Phi) is 14.3. The fraction of sp³-hybridized carbons (Fsp3) is 0.880. The van der Waals surface area contributed by atoms with Crippen LogP contribution in [0.5, 0.6) is 0 Å². The molecule has 0 aromatic heterocycles. The van der Waals surface area contributed by atoms with Gasteiger partial charge in [0, 0.05) is 6.42 Å². The summed E-state index contributed by atoms with van der Waals surface area (Å²) in [7, 11) is 0. The Morgan fingerprint density at radius 3 is 2.19 bits per heavy atom. The predicted octanol–water partition coefficient (Wildman–Crippen LogP) is 5.32. The lowest BCUT2D eigenvalue weighted by molar-refractivity contribution is -0.190. The number of amides is 1. The first-order chi connectivity index (χ1) is 14.9. The monoisotopic (exact) mass is 439 g/mol. The van der Waals surface area contributed by atoms with E-state index >= 15 is 0 Å². The Morgan fingerprint density at radius 1 is 1.06 bits per heavy atom. The summed E-state index contributed by atoms with van der Waals surface area (Å²) in [4.78, 5) is 35.2. The van der Waals surface area contributed by atoms with Crippen molar-refractivity contribution in [3.63, 3.8) is 0 Å². The van der Waals surface area contributed by atoms with E-state index < -0.39 is 6.04 Å². The molecule has 1 amide bonds. The SMILES string of the molecule is CCCCCCCCCCC[C@H](C[C@@H]1OC(=O)[C@H]1CC)OC(=O)[C@H](CC(C)C)NC=O. The van der Waals surface area contributed by atoms with Crippen molar-refractivity contribution >= 4 is 18.3 Å². The Hall–Kier alpha value is -1.59. The maximum absolute atomic E-state index is 12.7. The van der Waals surface area contributed by atoms with Crippen molar-refractivity contribution in [2.45, 2.75) is 129 Å². The molecule has 6 nitrogen and oxygen atoms in total. The van der Waals surface area contributed by atoms with Gasteiger partial charge in [-0.05, 0) is 31.6 Å². The first-order valence-corrected chi connectivity index (χ1v) is 12.5. The highest BCUT2D eigenvalue weighted by Gasteiger charge is 2.42. The number of carbonyl (C=O) groups excluding carboxylic acids is 3. The number of rotatable bonds is 19. The predicted molar refractivity (Wildman–Crippen MR) is 122 cm³/mol. The first kappa shape index (κ1) is 27.4. The van der Waals surface area contributed by atoms with Gasteiger partial charge in [0.15, 0.2) is 0 Å². The molecule has 31 heavy (non-hydrogen) atoms. The van der Waals surface area contributed by atoms with Crippen molar-refractivity contribution in [2.24, 2.45) is 11.8 Å². The van der Waals surface area contributed by atoms with E-state index in [0.29, 0.717) is 19.3 Å². The summed E-state index contributed by atoms with van der Waals surface area (Å²) in [5.41, 5.74) is 0. The van der Waals surface area contributed by atoms with Crippen molar-refractivity contribution in [3.05, 3.63) is 0 Å². The molecule has 0 aliphatic carbocycles. The molecule has 0 saturated carbocycles. The van der Waals surface area contributed by atoms with Crippen LogP contribution in [0.25, 0.3) is 0 Å². The van der Waals surface area contributed by atoms with Crippen LogP contribution in [-0.2, 0) is 23.9 Å². The molecule has 180 valence electrons. The molecular weight excluding hydrogens is 394 g/mol. The molecule has 1 rings (SSSR count). The van der Waals surface area contributed by atoms with Crippen molar-refractivity contribution in [2.75, 3.05) is 0 Å². The minimum Gasteiger partial charge on any atom is -0.461 e. The van der Waals surface area contributed by atoms with Gasteiger partial charge in [0.25, 0.3) is 0 Å². The maximum Gasteiger partial charge on any atom is 0.328 e. The minimum atomic E-state index is -0.631. The highest BCUT2D eigenvalue weighted by atomic mass is 16.6. The van der Waals surface area contributed by atoms with Crippen LogP contribution >= 0.6 is 0 Å². The molecule has 6 heteroatoms. The van der Waals surface area contributed by atoms with Gasteiger partial charge in [0.05, 0.1) is 5.92 Å². The molecular formula is C25H45NO5. The number of hydrogen-bond donors (Lipinski definition) is 1. The third-order valence-electron chi connectivity index (χ3n) is 6.13. The molecule has 1 aliphatic heterocycles. The van der Waals surface area contributed by atoms with E-state index in [-0.39, 0.29) is 36.0 Å². The molecule has 1 saturated heterocycles. The summed E-state index contributed by atoms with van der Waals surface area (Å²) in [6, 6.07) is -0.631. The van der Waals surface area contributed by atoms with E-state index in [0.717, 1.165) is 25.7 Å². The normalized spacial score (nSPS) is 20.0. The number of hydrogen-bond acceptors (Lipinski definition) is 5. The molecule has 4 atom stereocenters. The molecule has 0 aromatic carbocycles. The molecule has 0 aromatic rings. The number of nitrogens with one attached hydrogen (secondary N) is 1. The molecule has 0 bridgehead atoms. The molecule has 0 radical (unpaired) electrons. The van der Waals surface area contributed by atoms with Gasteiger partial charge in [0.2, 0.25) is 6.41 Å². The van der Waals surface area contributed by atoms with Crippen LogP contribution in [0.4, 0.5) is 0 Å². The van der Waals surface area contributed by atoms with Gasteiger partial charge < -0.3 is 14.8 Å². The average Bonchev–Trinajstić information content (AvgIpc) is 2.71. The Morgan fingerprint density at radius 2 is 1.68 bits per heavy atom. The largest absolute Gasteiger partial charge is 0.461 e. The minimum absolute atomic E-state index is 0.0936. The van der Waals surface area contributed by atoms with E-state index in [1.807, 2.05) is 20.8 Å². The molecule has 0 unspecified atom stereocenters. The van der Waals surface area contributed by atoms with Gasteiger partial charge in [-0.15, -0.1) is 0 Å². The Balaban J connectivity index is 2.50. The fourth-order valence-electron chi connectivity index (χ4n) is 4.24. The molecule has 1 heterocycles. The van der Waals surface area contributed by atoms with Crippen LogP contribution in [0.3, 0.4) is 0 Å². The summed E-state index contributed by atoms with van der Waals surface area (Å²) >= 11 is 0. The van der Waals surface area contributed by atoms with Crippen LogP contribution in [0.2, 0.25) is 0 Å². The summed E-state index contributed by atoms with van der Waals surface area (Å²) in [5.74, 6) is -0.372. The average molecular weight is 440 g/mol. The number of unbranched alkanes of at least 4 members (excludes halogenated alkanes) is 8. The summed E-state index contributed by atoms with van der Waals surface area (Å²) < 4.78 is 11.1. The lowest BCUT2D eigenvalue weighted by atomic mass is 9.88. The number of ether oxygens (including phenoxy) is 2. The van der Waals surface area contributed by atoms with Gasteiger partial charge in [0.1, 0.15) is 18.2 Å². The van der Waals surface area contributed by atoms with Gasteiger partial charge in [-0.2, -0.15) is 0 Å². The maximum atomic E-state index is 12.7. The third-order valence-corrected chi connectivity index (χ3v) is 6.13. The van der Waals surface area contributed by atoms with Crippen LogP contribution in [0, 0.1) is 11.8 Å². The number of cyclic esters (lactones) is 1. The van der Waals surface area contributed by atoms with E-state index in [1.54, 1.807) is 0 Å². The molecule has 1 N–H and O–H groups in total. The summed E-state index contributed by atoms with van der Waals surface area (Å²) in [6.45, 7) is 8.22. The zero-order valence-electron chi connectivity index (χ0n) is 20.2. The van der Waals surface area contributed by atoms with Crippen molar-refractivity contribution in [3.8, 4) is 0 Å². The van der Waals surface area contributed by atoms with E-state index in [4.69, 9.17) is 9.47 Å². The second kappa shape index (κ2) is 16.1. The van der Waals surface area contributed by atoms with Crippen LogP contribution in [0.1, 0.15) is 111 Å². The highest BCUT2D eigenvalue weighted by molar-refractivity contribution is 5.79. The summed E-state index contributed by atoms with van der Waals surface area (Å²) in [6.07, 6.45) is 13.8. The number of carbonyl (C=O) groups is 3. The van der Waals surface area contributed by atoms with Crippen molar-refractivity contribution in [1.29, 1.82) is 0 Å². The van der Waals surface area contributed by atoms with Crippen molar-refractivity contribution in [1.82, 2.24) is 5.32 Å². The second-order valence-electron chi connectivity index (χ2n) is 9.37. The smallest absolute Gasteiger partial charge is 0.328 e. The summed E-state index contributed by atoms with van der Waals surface area (Å²) in [5, 5.41) is 2.59.